The zero-order chi connectivity index (χ0) is 16.6. The van der Waals surface area contributed by atoms with Crippen molar-refractivity contribution in [2.45, 2.75) is 38.3 Å². The molecule has 24 heavy (non-hydrogen) atoms. The molecule has 1 atom stereocenters. The van der Waals surface area contributed by atoms with Gasteiger partial charge in [0.1, 0.15) is 0 Å². The van der Waals surface area contributed by atoms with Gasteiger partial charge in [-0.3, -0.25) is 14.3 Å². The van der Waals surface area contributed by atoms with Crippen molar-refractivity contribution >= 4 is 5.65 Å². The Kier molecular flexibility index (Phi) is 3.78. The Morgan fingerprint density at radius 1 is 1.38 bits per heavy atom. The molecule has 0 bridgehead atoms. The highest BCUT2D eigenvalue weighted by Crippen LogP contribution is 2.26. The molecule has 1 fully saturated rings. The van der Waals surface area contributed by atoms with E-state index in [9.17, 15) is 5.11 Å². The van der Waals surface area contributed by atoms with E-state index in [1.165, 1.54) is 0 Å². The Morgan fingerprint density at radius 2 is 2.29 bits per heavy atom. The summed E-state index contributed by atoms with van der Waals surface area (Å²) in [5.41, 5.74) is 1.09. The third-order valence-corrected chi connectivity index (χ3v) is 4.46. The Balaban J connectivity index is 1.48. The van der Waals surface area contributed by atoms with Crippen LogP contribution in [0.5, 0.6) is 0 Å². The fraction of sp³-hybridized carbons (Fsp3) is 0.500. The third kappa shape index (κ3) is 3.02. The average Bonchev–Trinajstić information content (AvgIpc) is 3.14. The van der Waals surface area contributed by atoms with E-state index in [1.807, 2.05) is 16.8 Å². The number of hydrogen-bond acceptors (Lipinski definition) is 7. The number of nitrogens with zero attached hydrogens (tertiary/aromatic N) is 6. The molecule has 0 spiro atoms. The maximum atomic E-state index is 10.9. The first-order valence-electron chi connectivity index (χ1n) is 8.11. The maximum absolute atomic E-state index is 10.9. The second-order valence-corrected chi connectivity index (χ2v) is 6.50. The molecular formula is C16H20N6O2. The summed E-state index contributed by atoms with van der Waals surface area (Å²) < 4.78 is 7.20. The molecule has 0 amide bonds. The number of rotatable bonds is 4. The van der Waals surface area contributed by atoms with Gasteiger partial charge in [-0.25, -0.2) is 4.98 Å². The van der Waals surface area contributed by atoms with Crippen LogP contribution in [0, 0.1) is 6.92 Å². The van der Waals surface area contributed by atoms with Crippen LogP contribution < -0.4 is 0 Å². The van der Waals surface area contributed by atoms with Crippen LogP contribution in [0.4, 0.5) is 0 Å². The van der Waals surface area contributed by atoms with Gasteiger partial charge in [0, 0.05) is 25.5 Å². The highest BCUT2D eigenvalue weighted by atomic mass is 16.5. The summed E-state index contributed by atoms with van der Waals surface area (Å²) in [7, 11) is 0. The molecule has 126 valence electrons. The lowest BCUT2D eigenvalue weighted by atomic mass is 9.89. The van der Waals surface area contributed by atoms with Gasteiger partial charge in [0.2, 0.25) is 5.89 Å². The first-order chi connectivity index (χ1) is 11.6. The number of likely N-dealkylation sites (tertiary alicyclic amines) is 1. The second-order valence-electron chi connectivity index (χ2n) is 6.50. The van der Waals surface area contributed by atoms with Crippen molar-refractivity contribution in [3.63, 3.8) is 0 Å². The lowest BCUT2D eigenvalue weighted by molar-refractivity contribution is -0.0377. The fourth-order valence-electron chi connectivity index (χ4n) is 3.42. The summed E-state index contributed by atoms with van der Waals surface area (Å²) >= 11 is 0. The van der Waals surface area contributed by atoms with Gasteiger partial charge in [0.05, 0.1) is 30.1 Å². The number of β-amino-alcohol motifs (C(OH)–C–C–N with tert-alkyl or cyclic N) is 1. The molecule has 0 aliphatic carbocycles. The zero-order valence-corrected chi connectivity index (χ0v) is 13.6. The summed E-state index contributed by atoms with van der Waals surface area (Å²) in [4.78, 5) is 14.9. The number of aryl methyl sites for hydroxylation is 1. The van der Waals surface area contributed by atoms with E-state index in [-0.39, 0.29) is 0 Å². The average molecular weight is 328 g/mol. The number of piperidine rings is 1. The van der Waals surface area contributed by atoms with Gasteiger partial charge in [-0.2, -0.15) is 4.98 Å². The molecule has 0 aromatic carbocycles. The van der Waals surface area contributed by atoms with E-state index in [0.717, 1.165) is 37.3 Å². The van der Waals surface area contributed by atoms with E-state index >= 15 is 0 Å². The van der Waals surface area contributed by atoms with Crippen LogP contribution >= 0.6 is 0 Å². The molecule has 4 rings (SSSR count). The monoisotopic (exact) mass is 328 g/mol. The number of imidazole rings is 1. The zero-order valence-electron chi connectivity index (χ0n) is 13.6. The molecule has 1 aliphatic rings. The van der Waals surface area contributed by atoms with Crippen LogP contribution in [0.1, 0.15) is 30.3 Å². The number of fused-ring (bicyclic) bond motifs is 1. The molecule has 1 unspecified atom stereocenters. The van der Waals surface area contributed by atoms with Crippen LogP contribution in [-0.4, -0.2) is 53.2 Å². The minimum absolute atomic E-state index is 0.390. The molecule has 3 aromatic heterocycles. The Morgan fingerprint density at radius 3 is 3.12 bits per heavy atom. The predicted octanol–water partition coefficient (Wildman–Crippen LogP) is 0.990. The molecule has 1 aliphatic heterocycles. The van der Waals surface area contributed by atoms with Crippen molar-refractivity contribution in [1.82, 2.24) is 29.4 Å². The summed E-state index contributed by atoms with van der Waals surface area (Å²) in [5, 5.41) is 14.7. The predicted molar refractivity (Wildman–Crippen MR) is 85.2 cm³/mol. The summed E-state index contributed by atoms with van der Waals surface area (Å²) in [6.45, 7) is 4.04. The third-order valence-electron chi connectivity index (χ3n) is 4.46. The first kappa shape index (κ1) is 15.2. The van der Waals surface area contributed by atoms with Gasteiger partial charge in [-0.15, -0.1) is 0 Å². The van der Waals surface area contributed by atoms with Crippen molar-refractivity contribution in [1.29, 1.82) is 0 Å². The van der Waals surface area contributed by atoms with Gasteiger partial charge in [-0.05, 0) is 26.3 Å². The molecule has 4 heterocycles. The van der Waals surface area contributed by atoms with Crippen LogP contribution in [0.25, 0.3) is 5.65 Å². The van der Waals surface area contributed by atoms with Gasteiger partial charge in [-0.1, -0.05) is 5.16 Å². The smallest absolute Gasteiger partial charge is 0.229 e. The summed E-state index contributed by atoms with van der Waals surface area (Å²) in [5.74, 6) is 1.10. The van der Waals surface area contributed by atoms with Crippen molar-refractivity contribution < 1.29 is 9.63 Å². The van der Waals surface area contributed by atoms with Crippen LogP contribution in [0.2, 0.25) is 0 Å². The van der Waals surface area contributed by atoms with Gasteiger partial charge >= 0.3 is 0 Å². The maximum Gasteiger partial charge on any atom is 0.229 e. The summed E-state index contributed by atoms with van der Waals surface area (Å²) in [6, 6.07) is 0. The van der Waals surface area contributed by atoms with E-state index in [1.54, 1.807) is 19.3 Å². The van der Waals surface area contributed by atoms with Crippen molar-refractivity contribution in [2.75, 3.05) is 13.1 Å². The van der Waals surface area contributed by atoms with Gasteiger partial charge in [0.15, 0.2) is 11.5 Å². The highest BCUT2D eigenvalue weighted by Gasteiger charge is 2.35. The van der Waals surface area contributed by atoms with E-state index in [0.29, 0.717) is 24.7 Å². The molecule has 1 N–H and O–H groups in total. The highest BCUT2D eigenvalue weighted by molar-refractivity contribution is 5.36. The lowest BCUT2D eigenvalue weighted by Crippen LogP contribution is -2.49. The quantitative estimate of drug-likeness (QED) is 0.763. The largest absolute Gasteiger partial charge is 0.388 e. The Labute approximate surface area is 139 Å². The van der Waals surface area contributed by atoms with Crippen LogP contribution in [0.15, 0.2) is 29.3 Å². The van der Waals surface area contributed by atoms with E-state index < -0.39 is 5.60 Å². The molecule has 1 saturated heterocycles. The normalized spacial score (nSPS) is 22.2. The van der Waals surface area contributed by atoms with Gasteiger partial charge < -0.3 is 9.63 Å². The molecule has 0 radical (unpaired) electrons. The van der Waals surface area contributed by atoms with E-state index in [2.05, 4.69) is 25.0 Å². The lowest BCUT2D eigenvalue weighted by Gasteiger charge is -2.38. The Hall–Kier alpha value is -2.32. The van der Waals surface area contributed by atoms with Crippen LogP contribution in [0.3, 0.4) is 0 Å². The molecular weight excluding hydrogens is 308 g/mol. The van der Waals surface area contributed by atoms with Gasteiger partial charge in [0.25, 0.3) is 0 Å². The minimum atomic E-state index is -0.834. The number of aromatic nitrogens is 5. The summed E-state index contributed by atoms with van der Waals surface area (Å²) in [6.07, 6.45) is 9.34. The fourth-order valence-corrected chi connectivity index (χ4v) is 3.42. The molecule has 8 nitrogen and oxygen atoms in total. The standard InChI is InChI=1S/C16H20N6O2/c1-12-19-15(24-20-12)7-16(23)3-2-5-21(11-16)10-13-8-18-14-9-17-4-6-22(13)14/h4,6,8-9,23H,2-3,5,7,10-11H2,1H3. The molecule has 8 heteroatoms. The molecule has 3 aromatic rings. The Bertz CT molecular complexity index is 844. The number of aliphatic hydroxyl groups is 1. The van der Waals surface area contributed by atoms with Crippen molar-refractivity contribution in [3.05, 3.63) is 42.2 Å². The number of hydrogen-bond donors (Lipinski definition) is 1. The minimum Gasteiger partial charge on any atom is -0.388 e. The van der Waals surface area contributed by atoms with Crippen LogP contribution in [-0.2, 0) is 13.0 Å². The second kappa shape index (κ2) is 5.95. The first-order valence-corrected chi connectivity index (χ1v) is 8.11. The molecule has 0 saturated carbocycles. The topological polar surface area (TPSA) is 92.6 Å². The van der Waals surface area contributed by atoms with E-state index in [4.69, 9.17) is 4.52 Å². The van der Waals surface area contributed by atoms with Crippen molar-refractivity contribution in [3.8, 4) is 0 Å². The SMILES string of the molecule is Cc1noc(CC2(O)CCCN(Cc3cnc4cnccn34)C2)n1. The van der Waals surface area contributed by atoms with Crippen molar-refractivity contribution in [2.24, 2.45) is 0 Å².